The molecule has 0 aliphatic heterocycles. The summed E-state index contributed by atoms with van der Waals surface area (Å²) in [6.45, 7) is -1.57. The van der Waals surface area contributed by atoms with Crippen LogP contribution in [0.1, 0.15) is 58.1 Å². The van der Waals surface area contributed by atoms with Gasteiger partial charge in [0, 0.05) is 12.3 Å². The summed E-state index contributed by atoms with van der Waals surface area (Å²) in [5, 5.41) is 0. The molecule has 0 unspecified atom stereocenters. The van der Waals surface area contributed by atoms with Gasteiger partial charge in [-0.25, -0.2) is 0 Å². The first-order valence-corrected chi connectivity index (χ1v) is 2.31. The fraction of sp³-hybridized carbons (Fsp3) is 1.00. The van der Waals surface area contributed by atoms with Crippen LogP contribution < -0.4 is 0 Å². The maximum Gasteiger partial charge on any atom is 0.0267 e. The summed E-state index contributed by atoms with van der Waals surface area (Å²) in [5.74, 6) is 0. The van der Waals surface area contributed by atoms with E-state index in [1.165, 1.54) is 0 Å². The van der Waals surface area contributed by atoms with E-state index in [2.05, 4.69) is 0 Å². The van der Waals surface area contributed by atoms with Crippen molar-refractivity contribution in [1.29, 1.82) is 0 Å². The standard InChI is InChI=1S/C7H16/c1-3-5-7-6-4-2/h3-7H2,1-2H3/i1D3,3D2,5D2,7D2. The lowest BCUT2D eigenvalue weighted by Gasteiger charge is -1.90. The lowest BCUT2D eigenvalue weighted by Crippen LogP contribution is -1.70. The Morgan fingerprint density at radius 1 is 1.57 bits per heavy atom. The summed E-state index contributed by atoms with van der Waals surface area (Å²) in [5.41, 5.74) is 0. The third-order valence-corrected chi connectivity index (χ3v) is 0.526. The number of rotatable bonds is 4. The van der Waals surface area contributed by atoms with Crippen LogP contribution in [0.5, 0.6) is 0 Å². The first kappa shape index (κ1) is 1.12. The Labute approximate surface area is 59.6 Å². The van der Waals surface area contributed by atoms with Crippen LogP contribution in [-0.2, 0) is 0 Å². The second kappa shape index (κ2) is 6.00. The predicted molar refractivity (Wildman–Crippen MR) is 34.4 cm³/mol. The maximum atomic E-state index is 7.47. The van der Waals surface area contributed by atoms with Gasteiger partial charge in [0.25, 0.3) is 0 Å². The zero-order valence-corrected chi connectivity index (χ0v) is 4.41. The zero-order chi connectivity index (χ0) is 13.4. The van der Waals surface area contributed by atoms with E-state index in [4.69, 9.17) is 12.3 Å². The molecular formula is C7H16. The van der Waals surface area contributed by atoms with Crippen LogP contribution in [0.25, 0.3) is 0 Å². The molecule has 0 heteroatoms. The van der Waals surface area contributed by atoms with Crippen LogP contribution in [0, 0.1) is 0 Å². The molecule has 0 saturated carbocycles. The van der Waals surface area contributed by atoms with E-state index in [-0.39, 0.29) is 6.42 Å². The quantitative estimate of drug-likeness (QED) is 0.520. The normalized spacial score (nSPS) is 36.4. The van der Waals surface area contributed by atoms with E-state index in [9.17, 15) is 0 Å². The third-order valence-electron chi connectivity index (χ3n) is 0.526. The molecule has 0 aromatic carbocycles. The van der Waals surface area contributed by atoms with Gasteiger partial charge in [0.1, 0.15) is 0 Å². The molecule has 0 nitrogen and oxygen atoms in total. The Hall–Kier alpha value is 0. The van der Waals surface area contributed by atoms with Gasteiger partial charge in [-0.3, -0.25) is 0 Å². The average Bonchev–Trinajstić information content (AvgIpc) is 2.01. The Kier molecular flexibility index (Phi) is 0.960. The molecule has 0 heterocycles. The monoisotopic (exact) mass is 109 g/mol. The van der Waals surface area contributed by atoms with Gasteiger partial charge in [0.05, 0.1) is 0 Å². The molecule has 0 aliphatic carbocycles. The summed E-state index contributed by atoms with van der Waals surface area (Å²) in [6, 6.07) is 0. The lowest BCUT2D eigenvalue weighted by atomic mass is 10.2. The van der Waals surface area contributed by atoms with E-state index in [1.54, 1.807) is 6.92 Å². The fourth-order valence-corrected chi connectivity index (χ4v) is 0.232. The molecule has 0 atom stereocenters. The van der Waals surface area contributed by atoms with Crippen molar-refractivity contribution in [2.45, 2.75) is 45.7 Å². The van der Waals surface area contributed by atoms with Gasteiger partial charge in [-0.1, -0.05) is 45.7 Å². The SMILES string of the molecule is [2H]C([2H])([2H])C([2H])([2H])C([2H])([2H])C([2H])([2H])CCC. The van der Waals surface area contributed by atoms with E-state index in [1.807, 2.05) is 0 Å². The van der Waals surface area contributed by atoms with Gasteiger partial charge in [0.15, 0.2) is 0 Å². The lowest BCUT2D eigenvalue weighted by molar-refractivity contribution is 0.656. The minimum absolute atomic E-state index is 0.227. The maximum absolute atomic E-state index is 7.47. The van der Waals surface area contributed by atoms with Crippen molar-refractivity contribution in [3.05, 3.63) is 0 Å². The molecule has 0 rings (SSSR count). The number of hydrogen-bond acceptors (Lipinski definition) is 0. The molecule has 0 amide bonds. The van der Waals surface area contributed by atoms with Crippen molar-refractivity contribution < 1.29 is 12.3 Å². The van der Waals surface area contributed by atoms with Gasteiger partial charge in [0.2, 0.25) is 0 Å². The minimum atomic E-state index is -3.22. The number of hydrogen-bond donors (Lipinski definition) is 0. The van der Waals surface area contributed by atoms with Crippen LogP contribution >= 0.6 is 0 Å². The summed E-state index contributed by atoms with van der Waals surface area (Å²) >= 11 is 0. The molecule has 44 valence electrons. The molecular weight excluding hydrogens is 84.1 g/mol. The Morgan fingerprint density at radius 3 is 3.00 bits per heavy atom. The molecule has 0 spiro atoms. The molecule has 0 saturated heterocycles. The van der Waals surface area contributed by atoms with Crippen LogP contribution in [0.3, 0.4) is 0 Å². The highest BCUT2D eigenvalue weighted by atomic mass is 13.9. The summed E-state index contributed by atoms with van der Waals surface area (Å²) in [7, 11) is 0. The minimum Gasteiger partial charge on any atom is -0.0654 e. The van der Waals surface area contributed by atoms with E-state index < -0.39 is 26.0 Å². The zero-order valence-electron chi connectivity index (χ0n) is 13.4. The van der Waals surface area contributed by atoms with Crippen molar-refractivity contribution in [1.82, 2.24) is 0 Å². The smallest absolute Gasteiger partial charge is 0.0267 e. The molecule has 0 aliphatic rings. The average molecular weight is 109 g/mol. The molecule has 7 heavy (non-hydrogen) atoms. The van der Waals surface area contributed by atoms with Gasteiger partial charge < -0.3 is 0 Å². The second-order valence-electron chi connectivity index (χ2n) is 1.18. The molecule has 0 aromatic rings. The van der Waals surface area contributed by atoms with E-state index in [0.717, 1.165) is 0 Å². The van der Waals surface area contributed by atoms with E-state index in [0.29, 0.717) is 6.42 Å². The van der Waals surface area contributed by atoms with Crippen molar-refractivity contribution in [3.63, 3.8) is 0 Å². The molecule has 0 fully saturated rings. The largest absolute Gasteiger partial charge is 0.0654 e. The van der Waals surface area contributed by atoms with E-state index >= 15 is 0 Å². The van der Waals surface area contributed by atoms with Crippen molar-refractivity contribution in [2.24, 2.45) is 0 Å². The van der Waals surface area contributed by atoms with Gasteiger partial charge in [-0.15, -0.1) is 0 Å². The topological polar surface area (TPSA) is 0 Å². The fourth-order valence-electron chi connectivity index (χ4n) is 0.232. The van der Waals surface area contributed by atoms with Crippen molar-refractivity contribution in [2.75, 3.05) is 0 Å². The van der Waals surface area contributed by atoms with Gasteiger partial charge in [-0.2, -0.15) is 0 Å². The first-order chi connectivity index (χ1) is 6.81. The first-order valence-electron chi connectivity index (χ1n) is 6.81. The third kappa shape index (κ3) is 6.00. The van der Waals surface area contributed by atoms with Crippen LogP contribution in [0.15, 0.2) is 0 Å². The van der Waals surface area contributed by atoms with Crippen molar-refractivity contribution in [3.8, 4) is 0 Å². The van der Waals surface area contributed by atoms with Crippen molar-refractivity contribution >= 4 is 0 Å². The Morgan fingerprint density at radius 2 is 2.43 bits per heavy atom. The predicted octanol–water partition coefficient (Wildman–Crippen LogP) is 2.98. The molecule has 0 aromatic heterocycles. The van der Waals surface area contributed by atoms with Gasteiger partial charge in [-0.05, 0) is 0 Å². The molecule has 0 radical (unpaired) electrons. The molecule has 0 N–H and O–H groups in total. The summed E-state index contributed by atoms with van der Waals surface area (Å²) in [6.07, 6.45) is -8.72. The molecule has 0 bridgehead atoms. The second-order valence-corrected chi connectivity index (χ2v) is 1.18. The summed E-state index contributed by atoms with van der Waals surface area (Å²) in [4.78, 5) is 0. The van der Waals surface area contributed by atoms with Crippen LogP contribution in [-0.4, -0.2) is 0 Å². The van der Waals surface area contributed by atoms with Crippen LogP contribution in [0.2, 0.25) is 0 Å². The van der Waals surface area contributed by atoms with Crippen LogP contribution in [0.4, 0.5) is 0 Å². The highest BCUT2D eigenvalue weighted by Crippen LogP contribution is 2.00. The highest BCUT2D eigenvalue weighted by Gasteiger charge is 1.80. The Bertz CT molecular complexity index is 239. The highest BCUT2D eigenvalue weighted by molar-refractivity contribution is 4.35. The Balaban J connectivity index is 5.34. The van der Waals surface area contributed by atoms with Gasteiger partial charge >= 0.3 is 0 Å². The summed E-state index contributed by atoms with van der Waals surface area (Å²) < 4.78 is 65.3.